The maximum Gasteiger partial charge on any atom is 0.323 e. The van der Waals surface area contributed by atoms with Crippen LogP contribution in [0.4, 0.5) is 27.5 Å². The Labute approximate surface area is 307 Å². The summed E-state index contributed by atoms with van der Waals surface area (Å²) in [6.45, 7) is 3.24. The lowest BCUT2D eigenvalue weighted by molar-refractivity contribution is 0.101. The minimum absolute atomic E-state index is 0.0885. The molecule has 0 fully saturated rings. The van der Waals surface area contributed by atoms with Crippen LogP contribution >= 0.6 is 0 Å². The number of amides is 4. The number of urea groups is 1. The Morgan fingerprint density at radius 3 is 1.19 bits per heavy atom. The molecule has 6 rings (SSSR count). The van der Waals surface area contributed by atoms with Gasteiger partial charge in [-0.15, -0.1) is 0 Å². The topological polar surface area (TPSA) is 249 Å². The number of nitrogens with one attached hydrogen (secondary N) is 4. The predicted molar refractivity (Wildman–Crippen MR) is 202 cm³/mol. The SMILES string of the molecule is Cc1cc(C(=O)Nc2c(S(=O)(=O)O)cc(O)c3ccccc23)ccc1NC(=O)Nc1ccc(C(=O)Nc2c(S(=O)(=O)O)cc(O)c3ccccc23)cc1C. The molecule has 0 saturated heterocycles. The molecule has 8 N–H and O–H groups in total. The summed E-state index contributed by atoms with van der Waals surface area (Å²) in [5.74, 6) is -2.28. The second-order valence-electron chi connectivity index (χ2n) is 12.1. The van der Waals surface area contributed by atoms with Crippen molar-refractivity contribution < 1.29 is 50.5 Å². The van der Waals surface area contributed by atoms with Gasteiger partial charge in [0, 0.05) is 56.2 Å². The van der Waals surface area contributed by atoms with Gasteiger partial charge in [0.2, 0.25) is 0 Å². The van der Waals surface area contributed by atoms with Crippen LogP contribution in [-0.4, -0.2) is 54.0 Å². The zero-order valence-electron chi connectivity index (χ0n) is 28.2. The summed E-state index contributed by atoms with van der Waals surface area (Å²) in [6, 6.07) is 21.9. The monoisotopic (exact) mass is 770 g/mol. The number of aryl methyl sites for hydroxylation is 2. The van der Waals surface area contributed by atoms with E-state index in [1.165, 1.54) is 60.7 Å². The van der Waals surface area contributed by atoms with Gasteiger partial charge in [0.15, 0.2) is 0 Å². The summed E-state index contributed by atoms with van der Waals surface area (Å²) in [5, 5.41) is 31.8. The number of phenolic OH excluding ortho intramolecular Hbond substituents is 2. The minimum atomic E-state index is -4.85. The van der Waals surface area contributed by atoms with E-state index in [0.717, 1.165) is 12.1 Å². The standard InChI is InChI=1S/C37H30N4O11S2/c1-19-15-21(35(44)40-33-25-9-5-3-7-23(25)29(42)17-31(33)53(47,48)49)11-13-27(19)38-37(46)39-28-14-12-22(16-20(28)2)36(45)41-34-26-10-6-4-8-24(26)30(43)18-32(34)54(50,51)52/h3-18,42-43H,1-2H3,(H,40,44)(H,41,45)(H2,38,39,46)(H,47,48,49)(H,50,51,52). The number of hydrogen-bond acceptors (Lipinski definition) is 9. The molecule has 0 atom stereocenters. The van der Waals surface area contributed by atoms with Crippen molar-refractivity contribution in [2.24, 2.45) is 0 Å². The molecule has 0 unspecified atom stereocenters. The molecule has 0 heterocycles. The minimum Gasteiger partial charge on any atom is -0.507 e. The largest absolute Gasteiger partial charge is 0.507 e. The summed E-state index contributed by atoms with van der Waals surface area (Å²) in [4.78, 5) is 38.1. The van der Waals surface area contributed by atoms with Crippen molar-refractivity contribution in [1.29, 1.82) is 0 Å². The highest BCUT2D eigenvalue weighted by atomic mass is 32.2. The zero-order chi connectivity index (χ0) is 39.1. The summed E-state index contributed by atoms with van der Waals surface area (Å²) < 4.78 is 68.1. The molecule has 4 amide bonds. The van der Waals surface area contributed by atoms with Crippen molar-refractivity contribution in [3.8, 4) is 11.5 Å². The molecule has 0 spiro atoms. The van der Waals surface area contributed by atoms with Gasteiger partial charge in [-0.05, 0) is 61.4 Å². The Kier molecular flexibility index (Phi) is 9.74. The van der Waals surface area contributed by atoms with Crippen LogP contribution < -0.4 is 21.3 Å². The van der Waals surface area contributed by atoms with Gasteiger partial charge in [0.1, 0.15) is 21.3 Å². The lowest BCUT2D eigenvalue weighted by Gasteiger charge is -2.16. The van der Waals surface area contributed by atoms with Crippen LogP contribution in [0.1, 0.15) is 31.8 Å². The number of rotatable bonds is 8. The molecule has 0 radical (unpaired) electrons. The van der Waals surface area contributed by atoms with Crippen LogP contribution in [0, 0.1) is 13.8 Å². The van der Waals surface area contributed by atoms with Crippen LogP contribution in [0.25, 0.3) is 21.5 Å². The van der Waals surface area contributed by atoms with Gasteiger partial charge >= 0.3 is 6.03 Å². The highest BCUT2D eigenvalue weighted by molar-refractivity contribution is 7.86. The van der Waals surface area contributed by atoms with E-state index in [2.05, 4.69) is 21.3 Å². The van der Waals surface area contributed by atoms with Crippen LogP contribution in [0.5, 0.6) is 11.5 Å². The molecule has 17 heteroatoms. The van der Waals surface area contributed by atoms with E-state index in [9.17, 15) is 50.5 Å². The van der Waals surface area contributed by atoms with E-state index >= 15 is 0 Å². The normalized spacial score (nSPS) is 11.6. The van der Waals surface area contributed by atoms with E-state index in [-0.39, 0.29) is 44.0 Å². The molecular weight excluding hydrogens is 741 g/mol. The first-order chi connectivity index (χ1) is 25.4. The van der Waals surface area contributed by atoms with Crippen molar-refractivity contribution in [2.45, 2.75) is 23.6 Å². The summed E-state index contributed by atoms with van der Waals surface area (Å²) in [7, 11) is -9.70. The summed E-state index contributed by atoms with van der Waals surface area (Å²) >= 11 is 0. The molecule has 0 aliphatic rings. The molecule has 0 aliphatic carbocycles. The molecule has 6 aromatic rings. The first-order valence-electron chi connectivity index (χ1n) is 15.8. The number of carbonyl (C=O) groups is 3. The number of aromatic hydroxyl groups is 2. The smallest absolute Gasteiger partial charge is 0.323 e. The van der Waals surface area contributed by atoms with E-state index < -0.39 is 59.4 Å². The lowest BCUT2D eigenvalue weighted by Crippen LogP contribution is -2.21. The quantitative estimate of drug-likeness (QED) is 0.0600. The number of anilines is 4. The predicted octanol–water partition coefficient (Wildman–Crippen LogP) is 6.66. The van der Waals surface area contributed by atoms with E-state index in [0.29, 0.717) is 22.5 Å². The fraction of sp³-hybridized carbons (Fsp3) is 0.0541. The second kappa shape index (κ2) is 14.1. The number of benzene rings is 6. The van der Waals surface area contributed by atoms with Gasteiger partial charge in [-0.25, -0.2) is 4.79 Å². The molecule has 0 saturated carbocycles. The Bertz CT molecular complexity index is 2600. The molecule has 0 aliphatic heterocycles. The van der Waals surface area contributed by atoms with Gasteiger partial charge in [0.05, 0.1) is 11.4 Å². The third kappa shape index (κ3) is 7.50. The van der Waals surface area contributed by atoms with E-state index in [1.54, 1.807) is 38.1 Å². The third-order valence-corrected chi connectivity index (χ3v) is 10.2. The van der Waals surface area contributed by atoms with Crippen molar-refractivity contribution in [2.75, 3.05) is 21.3 Å². The fourth-order valence-electron chi connectivity index (χ4n) is 5.86. The first-order valence-corrected chi connectivity index (χ1v) is 18.7. The highest BCUT2D eigenvalue weighted by Gasteiger charge is 2.25. The lowest BCUT2D eigenvalue weighted by atomic mass is 10.1. The second-order valence-corrected chi connectivity index (χ2v) is 14.9. The Morgan fingerprint density at radius 2 is 0.852 bits per heavy atom. The van der Waals surface area contributed by atoms with Crippen molar-refractivity contribution in [3.05, 3.63) is 119 Å². The Morgan fingerprint density at radius 1 is 0.500 bits per heavy atom. The average molecular weight is 771 g/mol. The number of phenols is 2. The van der Waals surface area contributed by atoms with Crippen LogP contribution in [0.15, 0.2) is 107 Å². The Balaban J connectivity index is 1.16. The Hall–Kier alpha value is -6.53. The fourth-order valence-corrected chi connectivity index (χ4v) is 7.22. The average Bonchev–Trinajstić information content (AvgIpc) is 3.11. The number of hydrogen-bond donors (Lipinski definition) is 8. The summed E-state index contributed by atoms with van der Waals surface area (Å²) in [6.07, 6.45) is 0. The van der Waals surface area contributed by atoms with Crippen molar-refractivity contribution >= 4 is 82.4 Å². The molecule has 0 aromatic heterocycles. The maximum absolute atomic E-state index is 13.3. The number of carbonyl (C=O) groups excluding carboxylic acids is 3. The molecule has 276 valence electrons. The van der Waals surface area contributed by atoms with Crippen molar-refractivity contribution in [1.82, 2.24) is 0 Å². The van der Waals surface area contributed by atoms with Crippen LogP contribution in [0.2, 0.25) is 0 Å². The van der Waals surface area contributed by atoms with Crippen LogP contribution in [0.3, 0.4) is 0 Å². The highest BCUT2D eigenvalue weighted by Crippen LogP contribution is 2.38. The van der Waals surface area contributed by atoms with Crippen LogP contribution in [-0.2, 0) is 20.2 Å². The first kappa shape index (κ1) is 37.2. The maximum atomic E-state index is 13.3. The van der Waals surface area contributed by atoms with Gasteiger partial charge in [-0.3, -0.25) is 18.7 Å². The van der Waals surface area contributed by atoms with Gasteiger partial charge < -0.3 is 31.5 Å². The van der Waals surface area contributed by atoms with E-state index in [1.807, 2.05) is 0 Å². The summed E-state index contributed by atoms with van der Waals surface area (Å²) in [5.41, 5.74) is 1.27. The molecule has 0 bridgehead atoms. The molecule has 15 nitrogen and oxygen atoms in total. The third-order valence-electron chi connectivity index (χ3n) is 8.48. The van der Waals surface area contributed by atoms with Gasteiger partial charge in [-0.2, -0.15) is 16.8 Å². The van der Waals surface area contributed by atoms with Crippen molar-refractivity contribution in [3.63, 3.8) is 0 Å². The van der Waals surface area contributed by atoms with Gasteiger partial charge in [0.25, 0.3) is 32.1 Å². The number of fused-ring (bicyclic) bond motifs is 2. The molecule has 6 aromatic carbocycles. The zero-order valence-corrected chi connectivity index (χ0v) is 29.8. The van der Waals surface area contributed by atoms with E-state index in [4.69, 9.17) is 0 Å². The van der Waals surface area contributed by atoms with Gasteiger partial charge in [-0.1, -0.05) is 48.5 Å². The molecule has 54 heavy (non-hydrogen) atoms. The molecular formula is C37H30N4O11S2.